The highest BCUT2D eigenvalue weighted by Gasteiger charge is 2.23. The zero-order valence-corrected chi connectivity index (χ0v) is 22.1. The van der Waals surface area contributed by atoms with Gasteiger partial charge in [-0.1, -0.05) is 36.4 Å². The van der Waals surface area contributed by atoms with Crippen LogP contribution >= 0.6 is 24.8 Å². The van der Waals surface area contributed by atoms with Crippen molar-refractivity contribution in [1.82, 2.24) is 14.6 Å². The summed E-state index contributed by atoms with van der Waals surface area (Å²) in [5.74, 6) is -0.400. The van der Waals surface area contributed by atoms with Gasteiger partial charge in [0.1, 0.15) is 5.82 Å². The van der Waals surface area contributed by atoms with Gasteiger partial charge in [-0.15, -0.1) is 29.9 Å². The molecular formula is C25H25Cl2N5O4S. The van der Waals surface area contributed by atoms with Crippen molar-refractivity contribution in [3.63, 3.8) is 0 Å². The molecule has 0 bridgehead atoms. The summed E-state index contributed by atoms with van der Waals surface area (Å²) in [4.78, 5) is 22.9. The Hall–Kier alpha value is -3.86. The van der Waals surface area contributed by atoms with E-state index in [-0.39, 0.29) is 41.0 Å². The van der Waals surface area contributed by atoms with Gasteiger partial charge in [0.25, 0.3) is 5.91 Å². The number of nitrogens with zero attached hydrogens (tertiary/aromatic N) is 3. The van der Waals surface area contributed by atoms with Crippen LogP contribution in [-0.4, -0.2) is 41.2 Å². The number of imidazole rings is 1. The van der Waals surface area contributed by atoms with Crippen LogP contribution in [0.4, 0.5) is 0 Å². The topological polar surface area (TPSA) is 131 Å². The second kappa shape index (κ2) is 12.4. The van der Waals surface area contributed by atoms with Crippen molar-refractivity contribution in [3.05, 3.63) is 102 Å². The molecule has 0 aliphatic rings. The quantitative estimate of drug-likeness (QED) is 0.197. The summed E-state index contributed by atoms with van der Waals surface area (Å²) in [6.45, 7) is 0.660. The molecule has 194 valence electrons. The Morgan fingerprint density at radius 1 is 1.03 bits per heavy atom. The lowest BCUT2D eigenvalue weighted by Gasteiger charge is -2.20. The fraction of sp³-hybridized carbons (Fsp3) is 0.0800. The summed E-state index contributed by atoms with van der Waals surface area (Å²) < 4.78 is 25.7. The largest absolute Gasteiger partial charge is 0.369 e. The van der Waals surface area contributed by atoms with Crippen molar-refractivity contribution in [2.75, 3.05) is 6.26 Å². The first kappa shape index (κ1) is 29.4. The van der Waals surface area contributed by atoms with E-state index in [0.29, 0.717) is 11.6 Å². The molecule has 1 aromatic heterocycles. The number of hydroxylamine groups is 2. The number of nitrogens with one attached hydrogen (secondary N) is 1. The SMILES string of the molecule is CS(=O)(=O)c1cccc(C(=O)N(Oc2ccc(-c3nccn3Cc3ccccc3)cc2)C(=N)N)c1.Cl.Cl. The van der Waals surface area contributed by atoms with Crippen molar-refractivity contribution in [2.24, 2.45) is 5.73 Å². The predicted octanol–water partition coefficient (Wildman–Crippen LogP) is 4.18. The number of carbonyl (C=O) groups excluding carboxylic acids is 1. The Bertz CT molecular complexity index is 1480. The van der Waals surface area contributed by atoms with Crippen molar-refractivity contribution < 1.29 is 18.0 Å². The van der Waals surface area contributed by atoms with Crippen LogP contribution in [0.25, 0.3) is 11.4 Å². The van der Waals surface area contributed by atoms with Gasteiger partial charge in [0, 0.05) is 36.3 Å². The molecule has 37 heavy (non-hydrogen) atoms. The zero-order chi connectivity index (χ0) is 25.0. The molecule has 0 radical (unpaired) electrons. The van der Waals surface area contributed by atoms with Crippen LogP contribution in [0.3, 0.4) is 0 Å². The molecule has 0 spiro atoms. The van der Waals surface area contributed by atoms with Gasteiger partial charge in [0.15, 0.2) is 15.6 Å². The molecule has 0 aliphatic carbocycles. The van der Waals surface area contributed by atoms with Gasteiger partial charge in [0.2, 0.25) is 5.96 Å². The van der Waals surface area contributed by atoms with Crippen LogP contribution in [0.15, 0.2) is 96.2 Å². The van der Waals surface area contributed by atoms with Gasteiger partial charge >= 0.3 is 0 Å². The number of aromatic nitrogens is 2. The summed E-state index contributed by atoms with van der Waals surface area (Å²) in [5.41, 5.74) is 7.57. The average Bonchev–Trinajstić information content (AvgIpc) is 3.30. The van der Waals surface area contributed by atoms with Gasteiger partial charge in [0.05, 0.1) is 4.90 Å². The van der Waals surface area contributed by atoms with E-state index < -0.39 is 21.7 Å². The van der Waals surface area contributed by atoms with Gasteiger partial charge in [-0.05, 0) is 48.0 Å². The van der Waals surface area contributed by atoms with E-state index in [1.807, 2.05) is 41.1 Å². The Morgan fingerprint density at radius 3 is 2.32 bits per heavy atom. The molecule has 9 nitrogen and oxygen atoms in total. The minimum Gasteiger partial charge on any atom is -0.369 e. The number of amides is 1. The van der Waals surface area contributed by atoms with E-state index in [1.54, 1.807) is 30.5 Å². The number of carbonyl (C=O) groups is 1. The summed E-state index contributed by atoms with van der Waals surface area (Å²) in [5, 5.41) is 8.38. The maximum absolute atomic E-state index is 12.9. The maximum atomic E-state index is 12.9. The second-order valence-corrected chi connectivity index (χ2v) is 9.78. The zero-order valence-electron chi connectivity index (χ0n) is 19.6. The molecule has 1 heterocycles. The highest BCUT2D eigenvalue weighted by atomic mass is 35.5. The van der Waals surface area contributed by atoms with Crippen molar-refractivity contribution in [3.8, 4) is 17.1 Å². The van der Waals surface area contributed by atoms with Crippen molar-refractivity contribution >= 4 is 46.5 Å². The molecule has 4 rings (SSSR count). The summed E-state index contributed by atoms with van der Waals surface area (Å²) >= 11 is 0. The lowest BCUT2D eigenvalue weighted by atomic mass is 10.2. The van der Waals surface area contributed by atoms with E-state index in [0.717, 1.165) is 23.2 Å². The molecule has 12 heteroatoms. The Balaban J connectivity index is 0.00000241. The van der Waals surface area contributed by atoms with Gasteiger partial charge < -0.3 is 15.1 Å². The van der Waals surface area contributed by atoms with Crippen LogP contribution in [0, 0.1) is 5.41 Å². The van der Waals surface area contributed by atoms with E-state index in [2.05, 4.69) is 4.98 Å². The fourth-order valence-electron chi connectivity index (χ4n) is 3.42. The molecule has 0 unspecified atom stereocenters. The molecule has 0 aliphatic heterocycles. The molecular weight excluding hydrogens is 537 g/mol. The molecule has 3 aromatic carbocycles. The van der Waals surface area contributed by atoms with Crippen molar-refractivity contribution in [2.45, 2.75) is 11.4 Å². The monoisotopic (exact) mass is 561 g/mol. The lowest BCUT2D eigenvalue weighted by molar-refractivity contribution is 0.0153. The van der Waals surface area contributed by atoms with Crippen LogP contribution in [0.1, 0.15) is 15.9 Å². The van der Waals surface area contributed by atoms with E-state index in [1.165, 1.54) is 24.3 Å². The minimum atomic E-state index is -3.52. The number of hydrogen-bond donors (Lipinski definition) is 2. The van der Waals surface area contributed by atoms with Crippen LogP contribution < -0.4 is 10.6 Å². The number of rotatable bonds is 7. The van der Waals surface area contributed by atoms with Crippen LogP contribution in [0.5, 0.6) is 5.75 Å². The Labute approximate surface area is 227 Å². The maximum Gasteiger partial charge on any atom is 0.294 e. The fourth-order valence-corrected chi connectivity index (χ4v) is 4.09. The van der Waals surface area contributed by atoms with E-state index >= 15 is 0 Å². The molecule has 0 saturated heterocycles. The third-order valence-electron chi connectivity index (χ3n) is 5.13. The summed E-state index contributed by atoms with van der Waals surface area (Å²) in [6.07, 6.45) is 4.67. The second-order valence-electron chi connectivity index (χ2n) is 7.76. The normalized spacial score (nSPS) is 10.5. The molecule has 0 saturated carbocycles. The molecule has 0 fully saturated rings. The first-order chi connectivity index (χ1) is 16.7. The third kappa shape index (κ3) is 7.10. The van der Waals surface area contributed by atoms with Crippen molar-refractivity contribution in [1.29, 1.82) is 5.41 Å². The smallest absolute Gasteiger partial charge is 0.294 e. The summed E-state index contributed by atoms with van der Waals surface area (Å²) in [7, 11) is -3.52. The highest BCUT2D eigenvalue weighted by molar-refractivity contribution is 7.90. The van der Waals surface area contributed by atoms with Crippen LogP contribution in [-0.2, 0) is 16.4 Å². The first-order valence-corrected chi connectivity index (χ1v) is 12.4. The Kier molecular flexibility index (Phi) is 9.84. The lowest BCUT2D eigenvalue weighted by Crippen LogP contribution is -2.43. The predicted molar refractivity (Wildman–Crippen MR) is 146 cm³/mol. The van der Waals surface area contributed by atoms with Gasteiger partial charge in [-0.3, -0.25) is 10.2 Å². The van der Waals surface area contributed by atoms with Gasteiger partial charge in [-0.2, -0.15) is 0 Å². The highest BCUT2D eigenvalue weighted by Crippen LogP contribution is 2.23. The number of halogens is 2. The minimum absolute atomic E-state index is 0. The number of sulfone groups is 1. The molecule has 4 aromatic rings. The standard InChI is InChI=1S/C25H23N5O4S.2ClH/c1-35(32,33)22-9-5-8-20(16-22)24(31)30(25(26)27)34-21-12-10-19(11-13-21)23-28-14-15-29(23)17-18-6-3-2-4-7-18;;/h2-16H,17H2,1H3,(H3,26,27);2*1H. The third-order valence-corrected chi connectivity index (χ3v) is 6.24. The average molecular weight is 562 g/mol. The van der Waals surface area contributed by atoms with E-state index in [9.17, 15) is 13.2 Å². The van der Waals surface area contributed by atoms with Gasteiger partial charge in [-0.25, -0.2) is 13.4 Å². The molecule has 3 N–H and O–H groups in total. The molecule has 1 amide bonds. The number of nitrogens with two attached hydrogens (primary N) is 1. The number of benzene rings is 3. The summed E-state index contributed by atoms with van der Waals surface area (Å²) in [6, 6.07) is 22.3. The van der Waals surface area contributed by atoms with E-state index in [4.69, 9.17) is 16.0 Å². The van der Waals surface area contributed by atoms with Crippen LogP contribution in [0.2, 0.25) is 0 Å². The number of hydrogen-bond acceptors (Lipinski definition) is 6. The number of guanidine groups is 1. The molecule has 0 atom stereocenters. The Morgan fingerprint density at radius 2 is 1.70 bits per heavy atom. The first-order valence-electron chi connectivity index (χ1n) is 10.5.